The van der Waals surface area contributed by atoms with Gasteiger partial charge in [0.05, 0.1) is 6.04 Å². The number of aryl methyl sites for hydroxylation is 1. The van der Waals surface area contributed by atoms with E-state index in [4.69, 9.17) is 0 Å². The van der Waals surface area contributed by atoms with E-state index >= 15 is 0 Å². The maximum atomic E-state index is 4.51. The minimum absolute atomic E-state index is 0.332. The van der Waals surface area contributed by atoms with Gasteiger partial charge in [-0.3, -0.25) is 4.98 Å². The summed E-state index contributed by atoms with van der Waals surface area (Å²) in [5.41, 5.74) is 1.28. The zero-order valence-electron chi connectivity index (χ0n) is 11.1. The second-order valence-electron chi connectivity index (χ2n) is 4.40. The lowest BCUT2D eigenvalue weighted by Gasteiger charge is -2.28. The van der Waals surface area contributed by atoms with E-state index in [2.05, 4.69) is 47.8 Å². The summed E-state index contributed by atoms with van der Waals surface area (Å²) in [6.45, 7) is 7.55. The molecule has 0 aromatic carbocycles. The number of thiazole rings is 1. The molecule has 0 aliphatic rings. The molecule has 1 unspecified atom stereocenters. The van der Waals surface area contributed by atoms with Crippen LogP contribution in [0, 0.1) is 6.92 Å². The van der Waals surface area contributed by atoms with Gasteiger partial charge >= 0.3 is 0 Å². The number of nitrogens with zero attached hydrogens (tertiary/aromatic N) is 3. The van der Waals surface area contributed by atoms with Gasteiger partial charge in [-0.15, -0.1) is 11.3 Å². The standard InChI is InChI=1S/C14H19N3S/c1-4-9-17(14-16-10-11(2)18-14)12(3)13-5-7-15-8-6-13/h5-8,10,12H,4,9H2,1-3H3. The van der Waals surface area contributed by atoms with Crippen LogP contribution in [0.15, 0.2) is 30.7 Å². The smallest absolute Gasteiger partial charge is 0.185 e. The van der Waals surface area contributed by atoms with Crippen LogP contribution in [-0.4, -0.2) is 16.5 Å². The fourth-order valence-electron chi connectivity index (χ4n) is 1.99. The predicted molar refractivity (Wildman–Crippen MR) is 77.1 cm³/mol. The molecule has 0 fully saturated rings. The second kappa shape index (κ2) is 5.96. The van der Waals surface area contributed by atoms with Crippen LogP contribution in [0.5, 0.6) is 0 Å². The SMILES string of the molecule is CCCN(c1ncc(C)s1)C(C)c1ccncc1. The molecule has 18 heavy (non-hydrogen) atoms. The highest BCUT2D eigenvalue weighted by molar-refractivity contribution is 7.15. The average molecular weight is 261 g/mol. The molecule has 96 valence electrons. The van der Waals surface area contributed by atoms with Crippen molar-refractivity contribution in [2.24, 2.45) is 0 Å². The van der Waals surface area contributed by atoms with E-state index in [9.17, 15) is 0 Å². The molecule has 0 saturated heterocycles. The summed E-state index contributed by atoms with van der Waals surface area (Å²) in [6, 6.07) is 4.49. The lowest BCUT2D eigenvalue weighted by Crippen LogP contribution is -2.27. The lowest BCUT2D eigenvalue weighted by molar-refractivity contribution is 0.656. The monoisotopic (exact) mass is 261 g/mol. The number of hydrogen-bond acceptors (Lipinski definition) is 4. The van der Waals surface area contributed by atoms with Gasteiger partial charge in [0.25, 0.3) is 0 Å². The Hall–Kier alpha value is -1.42. The molecule has 2 aromatic heterocycles. The van der Waals surface area contributed by atoms with Gasteiger partial charge in [-0.1, -0.05) is 6.92 Å². The summed E-state index contributed by atoms with van der Waals surface area (Å²) >= 11 is 1.76. The van der Waals surface area contributed by atoms with Crippen molar-refractivity contribution in [3.63, 3.8) is 0 Å². The Morgan fingerprint density at radius 2 is 2.06 bits per heavy atom. The van der Waals surface area contributed by atoms with Gasteiger partial charge in [-0.05, 0) is 38.0 Å². The van der Waals surface area contributed by atoms with Gasteiger partial charge < -0.3 is 4.90 Å². The highest BCUT2D eigenvalue weighted by Crippen LogP contribution is 2.30. The summed E-state index contributed by atoms with van der Waals surface area (Å²) in [5, 5.41) is 1.11. The highest BCUT2D eigenvalue weighted by Gasteiger charge is 2.18. The number of aromatic nitrogens is 2. The zero-order valence-corrected chi connectivity index (χ0v) is 11.9. The van der Waals surface area contributed by atoms with E-state index in [0.717, 1.165) is 18.1 Å². The summed E-state index contributed by atoms with van der Waals surface area (Å²) in [7, 11) is 0. The van der Waals surface area contributed by atoms with Crippen molar-refractivity contribution in [1.29, 1.82) is 0 Å². The first-order chi connectivity index (χ1) is 8.72. The van der Waals surface area contributed by atoms with Crippen molar-refractivity contribution >= 4 is 16.5 Å². The maximum Gasteiger partial charge on any atom is 0.185 e. The highest BCUT2D eigenvalue weighted by atomic mass is 32.1. The molecule has 2 heterocycles. The van der Waals surface area contributed by atoms with Crippen LogP contribution >= 0.6 is 11.3 Å². The van der Waals surface area contributed by atoms with Crippen molar-refractivity contribution in [2.75, 3.05) is 11.4 Å². The third-order valence-corrected chi connectivity index (χ3v) is 3.93. The van der Waals surface area contributed by atoms with E-state index < -0.39 is 0 Å². The molecule has 1 atom stereocenters. The lowest BCUT2D eigenvalue weighted by atomic mass is 10.1. The number of anilines is 1. The molecular formula is C14H19N3S. The largest absolute Gasteiger partial charge is 0.341 e. The minimum atomic E-state index is 0.332. The van der Waals surface area contributed by atoms with Gasteiger partial charge in [0, 0.05) is 30.0 Å². The third kappa shape index (κ3) is 2.88. The Morgan fingerprint density at radius 3 is 2.61 bits per heavy atom. The van der Waals surface area contributed by atoms with Gasteiger partial charge in [-0.25, -0.2) is 4.98 Å². The summed E-state index contributed by atoms with van der Waals surface area (Å²) in [5.74, 6) is 0. The normalized spacial score (nSPS) is 12.4. The summed E-state index contributed by atoms with van der Waals surface area (Å²) in [6.07, 6.45) is 6.77. The Balaban J connectivity index is 2.25. The Kier molecular flexibility index (Phi) is 4.31. The van der Waals surface area contributed by atoms with Crippen molar-refractivity contribution in [1.82, 2.24) is 9.97 Å². The molecular weight excluding hydrogens is 242 g/mol. The summed E-state index contributed by atoms with van der Waals surface area (Å²) in [4.78, 5) is 12.2. The number of pyridine rings is 1. The minimum Gasteiger partial charge on any atom is -0.341 e. The van der Waals surface area contributed by atoms with Crippen molar-refractivity contribution in [2.45, 2.75) is 33.2 Å². The van der Waals surface area contributed by atoms with Crippen molar-refractivity contribution in [3.8, 4) is 0 Å². The molecule has 0 saturated carbocycles. The van der Waals surface area contributed by atoms with E-state index in [0.29, 0.717) is 6.04 Å². The van der Waals surface area contributed by atoms with Gasteiger partial charge in [0.15, 0.2) is 5.13 Å². The molecule has 0 amide bonds. The fraction of sp³-hybridized carbons (Fsp3) is 0.429. The topological polar surface area (TPSA) is 29.0 Å². The molecule has 4 heteroatoms. The van der Waals surface area contributed by atoms with Crippen LogP contribution in [0.4, 0.5) is 5.13 Å². The van der Waals surface area contributed by atoms with Gasteiger partial charge in [0.2, 0.25) is 0 Å². The molecule has 2 rings (SSSR count). The molecule has 2 aromatic rings. The van der Waals surface area contributed by atoms with E-state index in [1.807, 2.05) is 18.6 Å². The first-order valence-electron chi connectivity index (χ1n) is 6.31. The van der Waals surface area contributed by atoms with Crippen molar-refractivity contribution < 1.29 is 0 Å². The molecule has 0 aliphatic heterocycles. The average Bonchev–Trinajstić information content (AvgIpc) is 2.82. The first kappa shape index (κ1) is 13.0. The molecule has 0 bridgehead atoms. The third-order valence-electron chi connectivity index (χ3n) is 2.98. The van der Waals surface area contributed by atoms with E-state index in [-0.39, 0.29) is 0 Å². The molecule has 0 radical (unpaired) electrons. The Morgan fingerprint density at radius 1 is 1.33 bits per heavy atom. The first-order valence-corrected chi connectivity index (χ1v) is 7.13. The number of rotatable bonds is 5. The fourth-order valence-corrected chi connectivity index (χ4v) is 2.86. The second-order valence-corrected chi connectivity index (χ2v) is 5.62. The molecule has 0 spiro atoms. The van der Waals surface area contributed by atoms with Gasteiger partial charge in [-0.2, -0.15) is 0 Å². The van der Waals surface area contributed by atoms with E-state index in [1.54, 1.807) is 11.3 Å². The van der Waals surface area contributed by atoms with Crippen LogP contribution < -0.4 is 4.90 Å². The van der Waals surface area contributed by atoms with Crippen molar-refractivity contribution in [3.05, 3.63) is 41.2 Å². The molecule has 0 N–H and O–H groups in total. The van der Waals surface area contributed by atoms with Crippen LogP contribution in [0.1, 0.15) is 36.8 Å². The zero-order chi connectivity index (χ0) is 13.0. The quantitative estimate of drug-likeness (QED) is 0.819. The van der Waals surface area contributed by atoms with E-state index in [1.165, 1.54) is 10.4 Å². The predicted octanol–water partition coefficient (Wildman–Crippen LogP) is 3.82. The summed E-state index contributed by atoms with van der Waals surface area (Å²) < 4.78 is 0. The van der Waals surface area contributed by atoms with Crippen LogP contribution in [-0.2, 0) is 0 Å². The molecule has 0 aliphatic carbocycles. The van der Waals surface area contributed by atoms with Gasteiger partial charge in [0.1, 0.15) is 0 Å². The Bertz CT molecular complexity index is 481. The molecule has 3 nitrogen and oxygen atoms in total. The number of hydrogen-bond donors (Lipinski definition) is 0. The maximum absolute atomic E-state index is 4.51. The van der Waals surface area contributed by atoms with Crippen LogP contribution in [0.3, 0.4) is 0 Å². The Labute approximate surface area is 113 Å². The van der Waals surface area contributed by atoms with Crippen LogP contribution in [0.25, 0.3) is 0 Å². The van der Waals surface area contributed by atoms with Crippen LogP contribution in [0.2, 0.25) is 0 Å².